The molecule has 0 fully saturated rings. The molecule has 7 heteroatoms. The van der Waals surface area contributed by atoms with Crippen molar-refractivity contribution >= 4 is 11.6 Å². The van der Waals surface area contributed by atoms with Crippen molar-refractivity contribution in [2.24, 2.45) is 7.05 Å². The minimum atomic E-state index is -0.294. The largest absolute Gasteiger partial charge is 0.396 e. The van der Waals surface area contributed by atoms with Crippen LogP contribution in [0.5, 0.6) is 0 Å². The highest BCUT2D eigenvalue weighted by atomic mass is 16.1. The van der Waals surface area contributed by atoms with Crippen LogP contribution < -0.4 is 11.1 Å². The molecule has 7 nitrogen and oxygen atoms in total. The number of amides is 1. The summed E-state index contributed by atoms with van der Waals surface area (Å²) in [6.45, 7) is 0.348. The lowest BCUT2D eigenvalue weighted by molar-refractivity contribution is 0.0945. The second kappa shape index (κ2) is 4.05. The van der Waals surface area contributed by atoms with Gasteiger partial charge in [-0.1, -0.05) is 0 Å². The Morgan fingerprint density at radius 2 is 2.50 bits per heavy atom. The molecule has 2 aromatic rings. The first kappa shape index (κ1) is 10.2. The van der Waals surface area contributed by atoms with Crippen LogP contribution in [0.1, 0.15) is 16.3 Å². The van der Waals surface area contributed by atoms with Gasteiger partial charge in [-0.3, -0.25) is 9.89 Å². The number of hydrogen-bond acceptors (Lipinski definition) is 4. The third-order valence-corrected chi connectivity index (χ3v) is 2.22. The number of nitrogens with one attached hydrogen (secondary N) is 2. The summed E-state index contributed by atoms with van der Waals surface area (Å²) in [4.78, 5) is 15.7. The van der Waals surface area contributed by atoms with E-state index in [1.807, 2.05) is 17.8 Å². The summed E-state index contributed by atoms with van der Waals surface area (Å²) in [6.07, 6.45) is 4.88. The minimum absolute atomic E-state index is 0.272. The van der Waals surface area contributed by atoms with E-state index in [2.05, 4.69) is 20.5 Å². The Hall–Kier alpha value is -2.31. The molecule has 0 aromatic carbocycles. The zero-order valence-corrected chi connectivity index (χ0v) is 8.77. The van der Waals surface area contributed by atoms with Gasteiger partial charge in [0.05, 0.1) is 18.4 Å². The fourth-order valence-electron chi connectivity index (χ4n) is 1.29. The molecular weight excluding hydrogens is 208 g/mol. The molecule has 0 unspecified atom stereocenters. The molecule has 0 saturated carbocycles. The molecule has 0 aliphatic heterocycles. The Kier molecular flexibility index (Phi) is 2.59. The van der Waals surface area contributed by atoms with Crippen LogP contribution in [0, 0.1) is 0 Å². The molecule has 4 N–H and O–H groups in total. The molecule has 0 saturated heterocycles. The first-order chi connectivity index (χ1) is 7.68. The average Bonchev–Trinajstić information content (AvgIpc) is 2.84. The Balaban J connectivity index is 1.99. The van der Waals surface area contributed by atoms with Crippen molar-refractivity contribution in [2.45, 2.75) is 6.54 Å². The smallest absolute Gasteiger partial charge is 0.271 e. The molecule has 0 bridgehead atoms. The molecule has 84 valence electrons. The zero-order chi connectivity index (χ0) is 11.5. The molecule has 2 heterocycles. The van der Waals surface area contributed by atoms with Gasteiger partial charge in [0, 0.05) is 19.4 Å². The predicted octanol–water partition coefficient (Wildman–Crippen LogP) is -0.345. The van der Waals surface area contributed by atoms with Gasteiger partial charge in [-0.05, 0) is 0 Å². The highest BCUT2D eigenvalue weighted by Gasteiger charge is 2.11. The van der Waals surface area contributed by atoms with Crippen molar-refractivity contribution in [1.29, 1.82) is 0 Å². The SMILES string of the molecule is Cn1ccnc1CNC(=O)c1[nH]ncc1N. The Morgan fingerprint density at radius 3 is 3.06 bits per heavy atom. The van der Waals surface area contributed by atoms with E-state index in [4.69, 9.17) is 5.73 Å². The number of H-pyrrole nitrogens is 1. The van der Waals surface area contributed by atoms with Crippen LogP contribution >= 0.6 is 0 Å². The van der Waals surface area contributed by atoms with E-state index in [1.54, 1.807) is 6.20 Å². The van der Waals surface area contributed by atoms with Crippen LogP contribution in [0.3, 0.4) is 0 Å². The summed E-state index contributed by atoms with van der Waals surface area (Å²) >= 11 is 0. The van der Waals surface area contributed by atoms with Crippen molar-refractivity contribution < 1.29 is 4.79 Å². The minimum Gasteiger partial charge on any atom is -0.396 e. The quantitative estimate of drug-likeness (QED) is 0.658. The molecular formula is C9H12N6O. The van der Waals surface area contributed by atoms with E-state index in [0.29, 0.717) is 12.2 Å². The van der Waals surface area contributed by atoms with Gasteiger partial charge >= 0.3 is 0 Å². The second-order valence-electron chi connectivity index (χ2n) is 3.34. The predicted molar refractivity (Wildman–Crippen MR) is 57.4 cm³/mol. The lowest BCUT2D eigenvalue weighted by atomic mass is 10.3. The monoisotopic (exact) mass is 220 g/mol. The van der Waals surface area contributed by atoms with E-state index in [1.165, 1.54) is 6.20 Å². The van der Waals surface area contributed by atoms with E-state index in [-0.39, 0.29) is 11.6 Å². The molecule has 0 spiro atoms. The molecule has 0 radical (unpaired) electrons. The van der Waals surface area contributed by atoms with Crippen LogP contribution in [0.25, 0.3) is 0 Å². The number of imidazole rings is 1. The summed E-state index contributed by atoms with van der Waals surface area (Å²) in [6, 6.07) is 0. The molecule has 2 aromatic heterocycles. The standard InChI is InChI=1S/C9H12N6O/c1-15-3-2-11-7(15)5-12-9(16)8-6(10)4-13-14-8/h2-4H,5,10H2,1H3,(H,12,16)(H,13,14). The van der Waals surface area contributed by atoms with Gasteiger partial charge < -0.3 is 15.6 Å². The third-order valence-electron chi connectivity index (χ3n) is 2.22. The van der Waals surface area contributed by atoms with Gasteiger partial charge in [-0.2, -0.15) is 5.10 Å². The molecule has 0 aliphatic rings. The Bertz CT molecular complexity index is 500. The number of carbonyl (C=O) groups excluding carboxylic acids is 1. The molecule has 16 heavy (non-hydrogen) atoms. The first-order valence-corrected chi connectivity index (χ1v) is 4.71. The molecule has 1 amide bonds. The maximum atomic E-state index is 11.6. The highest BCUT2D eigenvalue weighted by molar-refractivity contribution is 5.96. The fourth-order valence-corrected chi connectivity index (χ4v) is 1.29. The highest BCUT2D eigenvalue weighted by Crippen LogP contribution is 2.05. The Labute approximate surface area is 91.7 Å². The summed E-state index contributed by atoms with van der Waals surface area (Å²) in [5.74, 6) is 0.476. The van der Waals surface area contributed by atoms with Gasteiger partial charge in [0.25, 0.3) is 5.91 Å². The summed E-state index contributed by atoms with van der Waals surface area (Å²) in [7, 11) is 1.86. The molecule has 0 atom stereocenters. The number of carbonyl (C=O) groups is 1. The van der Waals surface area contributed by atoms with Crippen molar-refractivity contribution in [3.05, 3.63) is 30.1 Å². The molecule has 0 aliphatic carbocycles. The van der Waals surface area contributed by atoms with Crippen LogP contribution in [0.2, 0.25) is 0 Å². The second-order valence-corrected chi connectivity index (χ2v) is 3.34. The maximum absolute atomic E-state index is 11.6. The number of nitrogen functional groups attached to an aromatic ring is 1. The van der Waals surface area contributed by atoms with Gasteiger partial charge in [0.2, 0.25) is 0 Å². The number of rotatable bonds is 3. The van der Waals surface area contributed by atoms with Gasteiger partial charge in [0.1, 0.15) is 11.5 Å². The molecule has 2 rings (SSSR count). The van der Waals surface area contributed by atoms with Crippen LogP contribution in [-0.4, -0.2) is 25.7 Å². The summed E-state index contributed by atoms with van der Waals surface area (Å²) < 4.78 is 1.83. The average molecular weight is 220 g/mol. The van der Waals surface area contributed by atoms with Crippen LogP contribution in [-0.2, 0) is 13.6 Å². The maximum Gasteiger partial charge on any atom is 0.271 e. The van der Waals surface area contributed by atoms with Crippen LogP contribution in [0.4, 0.5) is 5.69 Å². The van der Waals surface area contributed by atoms with E-state index >= 15 is 0 Å². The van der Waals surface area contributed by atoms with E-state index in [0.717, 1.165) is 5.82 Å². The van der Waals surface area contributed by atoms with Crippen LogP contribution in [0.15, 0.2) is 18.6 Å². The normalized spacial score (nSPS) is 10.3. The lowest BCUT2D eigenvalue weighted by Crippen LogP contribution is -2.25. The first-order valence-electron chi connectivity index (χ1n) is 4.71. The Morgan fingerprint density at radius 1 is 1.69 bits per heavy atom. The van der Waals surface area contributed by atoms with Crippen molar-refractivity contribution in [1.82, 2.24) is 25.1 Å². The number of nitrogens with two attached hydrogens (primary N) is 1. The lowest BCUT2D eigenvalue weighted by Gasteiger charge is -2.04. The number of aromatic nitrogens is 4. The summed E-state index contributed by atoms with van der Waals surface area (Å²) in [5.41, 5.74) is 6.15. The van der Waals surface area contributed by atoms with Gasteiger partial charge in [-0.15, -0.1) is 0 Å². The van der Waals surface area contributed by atoms with Crippen molar-refractivity contribution in [3.63, 3.8) is 0 Å². The van der Waals surface area contributed by atoms with Crippen molar-refractivity contribution in [3.8, 4) is 0 Å². The third kappa shape index (κ3) is 1.88. The van der Waals surface area contributed by atoms with E-state index in [9.17, 15) is 4.79 Å². The van der Waals surface area contributed by atoms with E-state index < -0.39 is 0 Å². The topological polar surface area (TPSA) is 102 Å². The number of aryl methyl sites for hydroxylation is 1. The number of aromatic amines is 1. The number of nitrogens with zero attached hydrogens (tertiary/aromatic N) is 3. The van der Waals surface area contributed by atoms with Crippen molar-refractivity contribution in [2.75, 3.05) is 5.73 Å². The summed E-state index contributed by atoms with van der Waals surface area (Å²) in [5, 5.41) is 8.90. The number of anilines is 1. The van der Waals surface area contributed by atoms with Gasteiger partial charge in [-0.25, -0.2) is 4.98 Å². The van der Waals surface area contributed by atoms with Gasteiger partial charge in [0.15, 0.2) is 0 Å². The number of hydrogen-bond donors (Lipinski definition) is 3. The zero-order valence-electron chi connectivity index (χ0n) is 8.77. The fraction of sp³-hybridized carbons (Fsp3) is 0.222.